The summed E-state index contributed by atoms with van der Waals surface area (Å²) in [7, 11) is 0. The molecule has 8 heteroatoms. The van der Waals surface area contributed by atoms with Crippen LogP contribution in [0, 0.1) is 5.92 Å². The van der Waals surface area contributed by atoms with Gasteiger partial charge in [-0.2, -0.15) is 4.98 Å². The first kappa shape index (κ1) is 23.4. The number of ether oxygens (including phenoxy) is 3. The number of benzene rings is 2. The smallest absolute Gasteiger partial charge is 0.350 e. The minimum atomic E-state index is -0.270. The molecule has 2 heterocycles. The van der Waals surface area contributed by atoms with Gasteiger partial charge in [-0.1, -0.05) is 36.4 Å². The van der Waals surface area contributed by atoms with Gasteiger partial charge in [-0.3, -0.25) is 4.57 Å². The maximum absolute atomic E-state index is 12.8. The van der Waals surface area contributed by atoms with Crippen molar-refractivity contribution in [1.29, 1.82) is 0 Å². The fourth-order valence-corrected chi connectivity index (χ4v) is 4.72. The van der Waals surface area contributed by atoms with Gasteiger partial charge in [0.05, 0.1) is 26.0 Å². The van der Waals surface area contributed by atoms with Crippen LogP contribution in [0.15, 0.2) is 59.5 Å². The Kier molecular flexibility index (Phi) is 7.30. The second-order valence-electron chi connectivity index (χ2n) is 9.15. The highest BCUT2D eigenvalue weighted by Crippen LogP contribution is 2.45. The lowest BCUT2D eigenvalue weighted by Gasteiger charge is -2.30. The summed E-state index contributed by atoms with van der Waals surface area (Å²) in [6.45, 7) is 2.40. The van der Waals surface area contributed by atoms with Crippen molar-refractivity contribution in [2.75, 3.05) is 25.1 Å². The molecule has 5 rings (SSSR count). The molecule has 0 saturated heterocycles. The Morgan fingerprint density at radius 1 is 1.03 bits per heavy atom. The van der Waals surface area contributed by atoms with Crippen LogP contribution in [-0.2, 0) is 11.3 Å². The molecule has 0 spiro atoms. The molecule has 0 bridgehead atoms. The second-order valence-corrected chi connectivity index (χ2v) is 9.15. The van der Waals surface area contributed by atoms with Gasteiger partial charge in [0.1, 0.15) is 11.4 Å². The molecular formula is C27H32N4O4. The van der Waals surface area contributed by atoms with E-state index in [0.29, 0.717) is 61.0 Å². The maximum atomic E-state index is 12.8. The summed E-state index contributed by atoms with van der Waals surface area (Å²) in [6.07, 6.45) is 6.46. The van der Waals surface area contributed by atoms with Crippen LogP contribution in [0.2, 0.25) is 0 Å². The zero-order chi connectivity index (χ0) is 24.0. The highest BCUT2D eigenvalue weighted by Gasteiger charge is 2.26. The molecule has 1 aliphatic carbocycles. The Morgan fingerprint density at radius 3 is 2.66 bits per heavy atom. The molecule has 8 nitrogen and oxygen atoms in total. The summed E-state index contributed by atoms with van der Waals surface area (Å²) in [5.74, 6) is 2.81. The average molecular weight is 477 g/mol. The van der Waals surface area contributed by atoms with Gasteiger partial charge in [0.15, 0.2) is 17.3 Å². The van der Waals surface area contributed by atoms with E-state index in [1.165, 1.54) is 0 Å². The third kappa shape index (κ3) is 5.49. The molecule has 3 aromatic rings. The van der Waals surface area contributed by atoms with Crippen LogP contribution < -0.4 is 26.2 Å². The van der Waals surface area contributed by atoms with E-state index in [1.807, 2.05) is 48.5 Å². The van der Waals surface area contributed by atoms with Crippen molar-refractivity contribution >= 4 is 11.5 Å². The Bertz CT molecular complexity index is 1190. The van der Waals surface area contributed by atoms with E-state index >= 15 is 0 Å². The molecular weight excluding hydrogens is 444 g/mol. The third-order valence-corrected chi connectivity index (χ3v) is 6.71. The number of nitrogens with two attached hydrogens (primary N) is 1. The molecule has 184 valence electrons. The third-order valence-electron chi connectivity index (χ3n) is 6.71. The van der Waals surface area contributed by atoms with Crippen molar-refractivity contribution in [1.82, 2.24) is 9.55 Å². The summed E-state index contributed by atoms with van der Waals surface area (Å²) in [5.41, 5.74) is 7.38. The molecule has 0 atom stereocenters. The maximum Gasteiger partial charge on any atom is 0.350 e. The van der Waals surface area contributed by atoms with Crippen LogP contribution in [0.3, 0.4) is 0 Å². The number of nitrogens with one attached hydrogen (secondary N) is 1. The fraction of sp³-hybridized carbons (Fsp3) is 0.407. The Hall–Kier alpha value is -3.36. The minimum absolute atomic E-state index is 0.131. The molecule has 2 aromatic carbocycles. The summed E-state index contributed by atoms with van der Waals surface area (Å²) in [4.78, 5) is 17.1. The highest BCUT2D eigenvalue weighted by atomic mass is 16.5. The van der Waals surface area contributed by atoms with Crippen molar-refractivity contribution in [3.8, 4) is 17.2 Å². The normalized spacial score (nSPS) is 18.7. The van der Waals surface area contributed by atoms with E-state index in [4.69, 9.17) is 19.9 Å². The Morgan fingerprint density at radius 2 is 1.86 bits per heavy atom. The molecule has 0 unspecified atom stereocenters. The first-order valence-electron chi connectivity index (χ1n) is 12.4. The van der Waals surface area contributed by atoms with Crippen molar-refractivity contribution in [3.63, 3.8) is 0 Å². The molecule has 0 radical (unpaired) electrons. The fourth-order valence-electron chi connectivity index (χ4n) is 4.72. The summed E-state index contributed by atoms with van der Waals surface area (Å²) >= 11 is 0. The summed E-state index contributed by atoms with van der Waals surface area (Å²) < 4.78 is 19.6. The lowest BCUT2D eigenvalue weighted by molar-refractivity contribution is 0.107. The predicted octanol–water partition coefficient (Wildman–Crippen LogP) is 4.77. The zero-order valence-corrected chi connectivity index (χ0v) is 19.8. The van der Waals surface area contributed by atoms with E-state index in [-0.39, 0.29) is 11.7 Å². The van der Waals surface area contributed by atoms with Gasteiger partial charge in [0.25, 0.3) is 0 Å². The SMILES string of the molecule is NC[C@H]1CC[C@H](n2cc3c(nc2=O)Nc2c(OCCCOCc4ccccc4)cccc2O3)CC1. The first-order chi connectivity index (χ1) is 17.2. The minimum Gasteiger partial charge on any atom is -0.491 e. The predicted molar refractivity (Wildman–Crippen MR) is 135 cm³/mol. The quantitative estimate of drug-likeness (QED) is 0.336. The number of nitrogens with zero attached hydrogens (tertiary/aromatic N) is 2. The lowest BCUT2D eigenvalue weighted by Crippen LogP contribution is -2.31. The van der Waals surface area contributed by atoms with E-state index < -0.39 is 0 Å². The van der Waals surface area contributed by atoms with E-state index in [2.05, 4.69) is 10.3 Å². The van der Waals surface area contributed by atoms with Crippen molar-refractivity contribution < 1.29 is 14.2 Å². The van der Waals surface area contributed by atoms with Gasteiger partial charge in [-0.05, 0) is 55.8 Å². The molecule has 2 aliphatic rings. The van der Waals surface area contributed by atoms with Crippen LogP contribution in [0.25, 0.3) is 0 Å². The highest BCUT2D eigenvalue weighted by molar-refractivity contribution is 5.77. The van der Waals surface area contributed by atoms with E-state index in [1.54, 1.807) is 10.8 Å². The van der Waals surface area contributed by atoms with Crippen LogP contribution >= 0.6 is 0 Å². The monoisotopic (exact) mass is 476 g/mol. The Balaban J connectivity index is 1.19. The van der Waals surface area contributed by atoms with Gasteiger partial charge in [0.2, 0.25) is 0 Å². The molecule has 1 aliphatic heterocycles. The Labute approximate surface area is 205 Å². The number of aromatic nitrogens is 2. The van der Waals surface area contributed by atoms with Gasteiger partial charge < -0.3 is 25.3 Å². The van der Waals surface area contributed by atoms with Gasteiger partial charge in [-0.15, -0.1) is 0 Å². The molecule has 0 amide bonds. The van der Waals surface area contributed by atoms with Gasteiger partial charge in [-0.25, -0.2) is 4.79 Å². The molecule has 3 N–H and O–H groups in total. The molecule has 1 fully saturated rings. The number of fused-ring (bicyclic) bond motifs is 2. The summed E-state index contributed by atoms with van der Waals surface area (Å²) in [5, 5.41) is 3.25. The van der Waals surface area contributed by atoms with Crippen molar-refractivity contribution in [2.45, 2.75) is 44.8 Å². The average Bonchev–Trinajstić information content (AvgIpc) is 2.90. The van der Waals surface area contributed by atoms with Gasteiger partial charge >= 0.3 is 5.69 Å². The number of rotatable bonds is 9. The zero-order valence-electron chi connectivity index (χ0n) is 19.8. The van der Waals surface area contributed by atoms with Crippen LogP contribution in [0.4, 0.5) is 11.5 Å². The lowest BCUT2D eigenvalue weighted by atomic mass is 9.86. The number of para-hydroxylation sites is 1. The standard InChI is InChI=1S/C27H32N4O4/c28-16-19-10-12-21(13-11-19)31-17-24-26(30-27(31)32)29-25-22(8-4-9-23(25)35-24)34-15-5-14-33-18-20-6-2-1-3-7-20/h1-4,6-9,17,19,21H,5,10-16,18,28H2,(H,29,30,32)/t19-,21-. The van der Waals surface area contributed by atoms with Crippen LogP contribution in [0.1, 0.15) is 43.7 Å². The van der Waals surface area contributed by atoms with Crippen molar-refractivity contribution in [2.24, 2.45) is 11.7 Å². The second kappa shape index (κ2) is 10.9. The molecule has 1 saturated carbocycles. The molecule has 35 heavy (non-hydrogen) atoms. The van der Waals surface area contributed by atoms with Crippen molar-refractivity contribution in [3.05, 3.63) is 70.8 Å². The number of hydrogen-bond donors (Lipinski definition) is 2. The van der Waals surface area contributed by atoms with Gasteiger partial charge in [0, 0.05) is 12.5 Å². The van der Waals surface area contributed by atoms with E-state index in [9.17, 15) is 4.79 Å². The van der Waals surface area contributed by atoms with Crippen LogP contribution in [-0.4, -0.2) is 29.3 Å². The largest absolute Gasteiger partial charge is 0.491 e. The molecule has 1 aromatic heterocycles. The summed E-state index contributed by atoms with van der Waals surface area (Å²) in [6, 6.07) is 15.9. The number of hydrogen-bond acceptors (Lipinski definition) is 7. The van der Waals surface area contributed by atoms with E-state index in [0.717, 1.165) is 37.7 Å². The number of anilines is 2. The topological polar surface area (TPSA) is 101 Å². The van der Waals surface area contributed by atoms with Crippen LogP contribution in [0.5, 0.6) is 17.2 Å². The first-order valence-corrected chi connectivity index (χ1v) is 12.4.